The van der Waals surface area contributed by atoms with Gasteiger partial charge in [0.1, 0.15) is 5.82 Å². The van der Waals surface area contributed by atoms with Crippen LogP contribution in [0.15, 0.2) is 12.4 Å². The number of rotatable bonds is 4. The zero-order chi connectivity index (χ0) is 10.6. The van der Waals surface area contributed by atoms with Crippen molar-refractivity contribution in [2.75, 3.05) is 18.5 Å². The van der Waals surface area contributed by atoms with Crippen LogP contribution < -0.4 is 4.90 Å². The fraction of sp³-hybridized carbons (Fsp3) is 0.444. The molecule has 1 aromatic heterocycles. The third kappa shape index (κ3) is 2.42. The van der Waals surface area contributed by atoms with Gasteiger partial charge >= 0.3 is 5.97 Å². The van der Waals surface area contributed by atoms with Crippen LogP contribution in [0.2, 0.25) is 0 Å². The van der Waals surface area contributed by atoms with Crippen molar-refractivity contribution in [2.45, 2.75) is 13.3 Å². The van der Waals surface area contributed by atoms with Crippen molar-refractivity contribution < 1.29 is 9.90 Å². The lowest BCUT2D eigenvalue weighted by Crippen LogP contribution is -2.19. The summed E-state index contributed by atoms with van der Waals surface area (Å²) < 4.78 is 0. The predicted molar refractivity (Wildman–Crippen MR) is 52.6 cm³/mol. The largest absolute Gasteiger partial charge is 0.476 e. The topological polar surface area (TPSA) is 66.3 Å². The average Bonchev–Trinajstić information content (AvgIpc) is 2.18. The van der Waals surface area contributed by atoms with Crippen molar-refractivity contribution in [3.63, 3.8) is 0 Å². The number of carbonyl (C=O) groups is 1. The molecule has 0 saturated carbocycles. The number of hydrogen-bond donors (Lipinski definition) is 1. The summed E-state index contributed by atoms with van der Waals surface area (Å²) in [5.74, 6) is -0.362. The Bertz CT molecular complexity index is 310. The van der Waals surface area contributed by atoms with Crippen LogP contribution in [0.3, 0.4) is 0 Å². The van der Waals surface area contributed by atoms with E-state index in [-0.39, 0.29) is 5.69 Å². The van der Waals surface area contributed by atoms with Gasteiger partial charge in [-0.15, -0.1) is 0 Å². The minimum atomic E-state index is -1.05. The molecule has 0 amide bonds. The van der Waals surface area contributed by atoms with Gasteiger partial charge in [0.05, 0.1) is 12.4 Å². The van der Waals surface area contributed by atoms with Gasteiger partial charge in [0.2, 0.25) is 0 Å². The van der Waals surface area contributed by atoms with E-state index in [1.165, 1.54) is 12.4 Å². The minimum Gasteiger partial charge on any atom is -0.476 e. The van der Waals surface area contributed by atoms with Gasteiger partial charge in [0, 0.05) is 13.6 Å². The second-order valence-corrected chi connectivity index (χ2v) is 2.99. The highest BCUT2D eigenvalue weighted by Gasteiger charge is 2.06. The number of nitrogens with zero attached hydrogens (tertiary/aromatic N) is 3. The lowest BCUT2D eigenvalue weighted by molar-refractivity contribution is 0.0690. The fourth-order valence-electron chi connectivity index (χ4n) is 1.08. The van der Waals surface area contributed by atoms with Gasteiger partial charge in [-0.2, -0.15) is 0 Å². The third-order valence-corrected chi connectivity index (χ3v) is 1.81. The Hall–Kier alpha value is -1.65. The van der Waals surface area contributed by atoms with Crippen molar-refractivity contribution in [2.24, 2.45) is 0 Å². The summed E-state index contributed by atoms with van der Waals surface area (Å²) in [4.78, 5) is 20.2. The molecule has 0 fully saturated rings. The van der Waals surface area contributed by atoms with Crippen LogP contribution in [0.1, 0.15) is 23.8 Å². The molecule has 5 nitrogen and oxygen atoms in total. The normalized spacial score (nSPS) is 9.86. The first-order valence-electron chi connectivity index (χ1n) is 4.41. The number of carboxylic acids is 1. The van der Waals surface area contributed by atoms with Crippen LogP contribution in [0.5, 0.6) is 0 Å². The van der Waals surface area contributed by atoms with Crippen LogP contribution in [0.4, 0.5) is 5.82 Å². The molecule has 0 saturated heterocycles. The zero-order valence-electron chi connectivity index (χ0n) is 8.27. The Morgan fingerprint density at radius 2 is 2.21 bits per heavy atom. The quantitative estimate of drug-likeness (QED) is 0.777. The van der Waals surface area contributed by atoms with Crippen molar-refractivity contribution in [1.82, 2.24) is 9.97 Å². The molecule has 1 N–H and O–H groups in total. The molecule has 0 aliphatic carbocycles. The summed E-state index contributed by atoms with van der Waals surface area (Å²) in [6.07, 6.45) is 3.75. The maximum absolute atomic E-state index is 10.5. The number of hydrogen-bond acceptors (Lipinski definition) is 4. The molecule has 0 aliphatic rings. The summed E-state index contributed by atoms with van der Waals surface area (Å²) in [5, 5.41) is 8.60. The Balaban J connectivity index is 2.77. The van der Waals surface area contributed by atoms with E-state index in [4.69, 9.17) is 5.11 Å². The highest BCUT2D eigenvalue weighted by Crippen LogP contribution is 2.06. The van der Waals surface area contributed by atoms with Gasteiger partial charge in [-0.05, 0) is 6.42 Å². The molecule has 0 atom stereocenters. The first kappa shape index (κ1) is 10.4. The number of aromatic carboxylic acids is 1. The highest BCUT2D eigenvalue weighted by molar-refractivity contribution is 5.84. The van der Waals surface area contributed by atoms with Crippen LogP contribution in [-0.4, -0.2) is 34.6 Å². The Labute approximate surface area is 82.4 Å². The summed E-state index contributed by atoms with van der Waals surface area (Å²) in [5.41, 5.74) is -0.0290. The van der Waals surface area contributed by atoms with E-state index in [0.717, 1.165) is 13.0 Å². The third-order valence-electron chi connectivity index (χ3n) is 1.81. The monoisotopic (exact) mass is 195 g/mol. The molecule has 0 spiro atoms. The van der Waals surface area contributed by atoms with Crippen LogP contribution in [0, 0.1) is 0 Å². The standard InChI is InChI=1S/C9H13N3O2/c1-3-4-12(2)8-6-10-7(5-11-8)9(13)14/h5-6H,3-4H2,1-2H3,(H,13,14). The van der Waals surface area contributed by atoms with E-state index < -0.39 is 5.97 Å². The van der Waals surface area contributed by atoms with Gasteiger partial charge < -0.3 is 10.0 Å². The van der Waals surface area contributed by atoms with Gasteiger partial charge in [0.15, 0.2) is 5.69 Å². The smallest absolute Gasteiger partial charge is 0.356 e. The SMILES string of the molecule is CCCN(C)c1cnc(C(=O)O)cn1. The Morgan fingerprint density at radius 1 is 1.50 bits per heavy atom. The molecule has 5 heteroatoms. The number of anilines is 1. The number of aromatic nitrogens is 2. The summed E-state index contributed by atoms with van der Waals surface area (Å²) in [7, 11) is 1.90. The van der Waals surface area contributed by atoms with E-state index >= 15 is 0 Å². The van der Waals surface area contributed by atoms with E-state index in [9.17, 15) is 4.79 Å². The number of carboxylic acid groups (broad SMARTS) is 1. The van der Waals surface area contributed by atoms with Crippen LogP contribution in [0.25, 0.3) is 0 Å². The molecule has 1 aromatic rings. The molecule has 0 unspecified atom stereocenters. The lowest BCUT2D eigenvalue weighted by atomic mass is 10.4. The van der Waals surface area contributed by atoms with Gasteiger partial charge in [-0.1, -0.05) is 6.92 Å². The molecule has 76 valence electrons. The first-order chi connectivity index (χ1) is 6.65. The van der Waals surface area contributed by atoms with Crippen LogP contribution >= 0.6 is 0 Å². The molecule has 1 heterocycles. The second kappa shape index (κ2) is 4.55. The van der Waals surface area contributed by atoms with Crippen molar-refractivity contribution in [1.29, 1.82) is 0 Å². The predicted octanol–water partition coefficient (Wildman–Crippen LogP) is 1.02. The Kier molecular flexibility index (Phi) is 3.39. The second-order valence-electron chi connectivity index (χ2n) is 2.99. The van der Waals surface area contributed by atoms with Crippen molar-refractivity contribution in [3.05, 3.63) is 18.1 Å². The maximum atomic E-state index is 10.5. The lowest BCUT2D eigenvalue weighted by Gasteiger charge is -2.15. The molecule has 1 rings (SSSR count). The zero-order valence-corrected chi connectivity index (χ0v) is 8.27. The van der Waals surface area contributed by atoms with Gasteiger partial charge in [-0.3, -0.25) is 0 Å². The molecule has 0 aromatic carbocycles. The first-order valence-corrected chi connectivity index (χ1v) is 4.41. The molecular weight excluding hydrogens is 182 g/mol. The molecule has 0 aliphatic heterocycles. The van der Waals surface area contributed by atoms with E-state index in [2.05, 4.69) is 16.9 Å². The molecule has 14 heavy (non-hydrogen) atoms. The minimum absolute atomic E-state index is 0.0290. The molecular formula is C9H13N3O2. The van der Waals surface area contributed by atoms with E-state index in [0.29, 0.717) is 5.82 Å². The van der Waals surface area contributed by atoms with Crippen LogP contribution in [-0.2, 0) is 0 Å². The Morgan fingerprint density at radius 3 is 2.64 bits per heavy atom. The van der Waals surface area contributed by atoms with Crippen molar-refractivity contribution >= 4 is 11.8 Å². The molecule has 0 radical (unpaired) electrons. The van der Waals surface area contributed by atoms with E-state index in [1.54, 1.807) is 0 Å². The highest BCUT2D eigenvalue weighted by atomic mass is 16.4. The van der Waals surface area contributed by atoms with E-state index in [1.807, 2.05) is 11.9 Å². The summed E-state index contributed by atoms with van der Waals surface area (Å²) in [6, 6.07) is 0. The fourth-order valence-corrected chi connectivity index (χ4v) is 1.08. The average molecular weight is 195 g/mol. The molecule has 0 bridgehead atoms. The van der Waals surface area contributed by atoms with Gasteiger partial charge in [0.25, 0.3) is 0 Å². The summed E-state index contributed by atoms with van der Waals surface area (Å²) in [6.45, 7) is 2.94. The van der Waals surface area contributed by atoms with Crippen molar-refractivity contribution in [3.8, 4) is 0 Å². The van der Waals surface area contributed by atoms with Gasteiger partial charge in [-0.25, -0.2) is 14.8 Å². The summed E-state index contributed by atoms with van der Waals surface area (Å²) >= 11 is 0. The maximum Gasteiger partial charge on any atom is 0.356 e.